The highest BCUT2D eigenvalue weighted by Gasteiger charge is 2.85. The molecule has 1 aromatic rings. The fraction of sp³-hybridized carbons (Fsp3) is 0.571. The number of hydrogen-bond acceptors (Lipinski definition) is 11. The molecule has 2 heterocycles. The summed E-state index contributed by atoms with van der Waals surface area (Å²) in [4.78, 5) is 63.0. The van der Waals surface area contributed by atoms with Gasteiger partial charge in [0.1, 0.15) is 12.2 Å². The van der Waals surface area contributed by atoms with Crippen LogP contribution in [-0.2, 0) is 49.3 Å². The lowest BCUT2D eigenvalue weighted by Gasteiger charge is -2.48. The molecular formula is C35H46O14. The van der Waals surface area contributed by atoms with Crippen LogP contribution in [0.2, 0.25) is 0 Å². The number of aliphatic hydroxyl groups is 2. The molecule has 0 saturated carbocycles. The number of esters is 2. The minimum Gasteiger partial charge on any atom is -0.479 e. The number of carboxylic acid groups (broad SMARTS) is 3. The van der Waals surface area contributed by atoms with Gasteiger partial charge in [0.25, 0.3) is 0 Å². The first-order valence-electron chi connectivity index (χ1n) is 16.1. The van der Waals surface area contributed by atoms with E-state index in [4.69, 9.17) is 18.9 Å². The summed E-state index contributed by atoms with van der Waals surface area (Å²) in [5.74, 6) is -11.3. The molecule has 2 aliphatic heterocycles. The van der Waals surface area contributed by atoms with Gasteiger partial charge in [-0.2, -0.15) is 0 Å². The van der Waals surface area contributed by atoms with E-state index in [0.29, 0.717) is 18.8 Å². The molecule has 14 heteroatoms. The van der Waals surface area contributed by atoms with Crippen LogP contribution in [0.4, 0.5) is 0 Å². The number of carbonyl (C=O) groups excluding carboxylic acids is 2. The van der Waals surface area contributed by atoms with Crippen LogP contribution in [0.15, 0.2) is 54.6 Å². The Morgan fingerprint density at radius 3 is 2.20 bits per heavy atom. The molecule has 5 N–H and O–H groups in total. The number of aliphatic carboxylic acids is 3. The Kier molecular flexibility index (Phi) is 12.5. The van der Waals surface area contributed by atoms with E-state index in [1.54, 1.807) is 6.92 Å². The molecule has 0 amide bonds. The van der Waals surface area contributed by atoms with Crippen molar-refractivity contribution in [3.05, 3.63) is 60.2 Å². The third-order valence-corrected chi connectivity index (χ3v) is 9.29. The van der Waals surface area contributed by atoms with Gasteiger partial charge >= 0.3 is 29.8 Å². The van der Waals surface area contributed by atoms with Crippen LogP contribution in [0.1, 0.15) is 65.9 Å². The van der Waals surface area contributed by atoms with Crippen molar-refractivity contribution in [1.82, 2.24) is 0 Å². The van der Waals surface area contributed by atoms with Gasteiger partial charge < -0.3 is 44.5 Å². The van der Waals surface area contributed by atoms with Gasteiger partial charge in [-0.15, -0.1) is 0 Å². The van der Waals surface area contributed by atoms with Crippen LogP contribution in [0, 0.1) is 17.8 Å². The summed E-state index contributed by atoms with van der Waals surface area (Å²) >= 11 is 0. The van der Waals surface area contributed by atoms with E-state index in [9.17, 15) is 49.5 Å². The predicted molar refractivity (Wildman–Crippen MR) is 171 cm³/mol. The summed E-state index contributed by atoms with van der Waals surface area (Å²) < 4.78 is 22.0. The largest absolute Gasteiger partial charge is 0.479 e. The number of hydrogen-bond donors (Lipinski definition) is 5. The molecule has 1 aromatic carbocycles. The summed E-state index contributed by atoms with van der Waals surface area (Å²) in [6.45, 7) is 12.9. The quantitative estimate of drug-likeness (QED) is 0.0679. The normalized spacial score (nSPS) is 30.1. The van der Waals surface area contributed by atoms with Crippen LogP contribution in [0.5, 0.6) is 0 Å². The number of carbonyl (C=O) groups is 5. The number of aliphatic hydroxyl groups excluding tert-OH is 1. The van der Waals surface area contributed by atoms with Gasteiger partial charge in [0.05, 0.1) is 0 Å². The zero-order valence-electron chi connectivity index (χ0n) is 28.2. The highest BCUT2D eigenvalue weighted by molar-refractivity contribution is 5.98. The van der Waals surface area contributed by atoms with Crippen molar-refractivity contribution in [2.24, 2.45) is 17.8 Å². The van der Waals surface area contributed by atoms with Crippen LogP contribution in [0.25, 0.3) is 0 Å². The van der Waals surface area contributed by atoms with Gasteiger partial charge in [-0.3, -0.25) is 4.79 Å². The van der Waals surface area contributed by atoms with E-state index in [0.717, 1.165) is 18.1 Å². The first kappa shape index (κ1) is 39.3. The lowest BCUT2D eigenvalue weighted by molar-refractivity contribution is -0.374. The standard InChI is InChI=1S/C35H46O14/c1-7-19(2)17-20(3)13-14-25(37)47-28-27(38)33(48-29(30(39)40)34(45,31(41)42)35(28,49-33)32(43)44)16-15-21(4)26(46-23(6)36)22(5)18-24-11-9-8-10-12-24/h8-14,19-20,22,26-29,38,45H,4,7,15-18H2,1-3,5-6H3,(H,39,40)(H,41,42)(H,43,44)/b14-13+/t19-,20+,22+,26-,27+,28+,29+,33-,34+,35-/m0/s1/i2+1,3+1,4+1,5+1,7+1,8+1,9+1,10+1,11+1,12+1,13+1,15+1,17+1,23+1,24+1,25+1,26+1,28+1,30+1,31+1,33+1. The molecule has 0 aliphatic carbocycles. The maximum atomic E-state index is 13.0. The van der Waals surface area contributed by atoms with Crippen molar-refractivity contribution < 1.29 is 68.5 Å². The van der Waals surface area contributed by atoms with Gasteiger partial charge in [-0.1, -0.05) is 77.1 Å². The summed E-state index contributed by atoms with van der Waals surface area (Å²) in [5.41, 5.74) is -6.27. The topological polar surface area (TPSA) is 223 Å². The third-order valence-electron chi connectivity index (χ3n) is 9.29. The van der Waals surface area contributed by atoms with E-state index in [2.05, 4.69) is 6.58 Å². The molecule has 10 atom stereocenters. The summed E-state index contributed by atoms with van der Waals surface area (Å²) in [5, 5.41) is 53.5. The lowest BCUT2D eigenvalue weighted by atomic mass is 9.89. The second kappa shape index (κ2) is 15.6. The van der Waals surface area contributed by atoms with Crippen LogP contribution in [0.3, 0.4) is 0 Å². The predicted octanol–water partition coefficient (Wildman–Crippen LogP) is 2.88. The summed E-state index contributed by atoms with van der Waals surface area (Å²) in [6, 6.07) is 9.29. The molecule has 0 radical (unpaired) electrons. The number of carboxylic acids is 3. The Balaban J connectivity index is 2.02. The molecule has 0 unspecified atom stereocenters. The van der Waals surface area contributed by atoms with E-state index in [-0.39, 0.29) is 23.8 Å². The average Bonchev–Trinajstić information content (AvgIpc) is 3.25. The smallest absolute Gasteiger partial charge is 0.344 e. The lowest BCUT2D eigenvalue weighted by Crippen LogP contribution is -2.78. The molecule has 2 fully saturated rings. The maximum absolute atomic E-state index is 13.0. The second-order valence-electron chi connectivity index (χ2n) is 13.1. The monoisotopic (exact) mass is 711 g/mol. The third kappa shape index (κ3) is 7.88. The van der Waals surface area contributed by atoms with E-state index < -0.39 is 77.7 Å². The van der Waals surface area contributed by atoms with Crippen molar-refractivity contribution in [2.45, 2.75) is 108 Å². The van der Waals surface area contributed by atoms with Crippen LogP contribution < -0.4 is 0 Å². The number of ether oxygens (including phenoxy) is 4. The fourth-order valence-electron chi connectivity index (χ4n) is 6.58. The molecule has 14 nitrogen and oxygen atoms in total. The molecular weight excluding hydrogens is 665 g/mol. The van der Waals surface area contributed by atoms with Crippen molar-refractivity contribution in [3.8, 4) is 0 Å². The first-order valence-corrected chi connectivity index (χ1v) is 16.1. The zero-order chi connectivity index (χ0) is 36.9. The molecule has 0 spiro atoms. The van der Waals surface area contributed by atoms with E-state index in [1.165, 1.54) is 13.0 Å². The molecule has 3 rings (SSSR count). The van der Waals surface area contributed by atoms with Gasteiger partial charge in [0, 0.05) is 25.3 Å². The Bertz CT molecular complexity index is 1440. The maximum Gasteiger partial charge on any atom is 0.344 e. The molecule has 2 saturated heterocycles. The highest BCUT2D eigenvalue weighted by atomic mass is 16.9. The fourth-order valence-corrected chi connectivity index (χ4v) is 6.58. The van der Waals surface area contributed by atoms with E-state index in [1.807, 2.05) is 51.1 Å². The van der Waals surface area contributed by atoms with Crippen molar-refractivity contribution >= 4 is 29.8 Å². The minimum atomic E-state index is -3.90. The van der Waals surface area contributed by atoms with Gasteiger partial charge in [-0.25, -0.2) is 19.2 Å². The minimum absolute atomic E-state index is 0.123. The number of allylic oxidation sites excluding steroid dienone is 1. The van der Waals surface area contributed by atoms with Crippen molar-refractivity contribution in [3.63, 3.8) is 0 Å². The highest BCUT2D eigenvalue weighted by Crippen LogP contribution is 2.56. The SMILES string of the molecule is C[13CH2][C@H]([13CH3])[13CH2][C@H]([13CH3])/[13CH]=C/[13C](=O)O[13C@@H]1[C@@H](O)[13C@@]2(C[13CH2]C(=[13CH2])[13C@H](O[13C](C)=O)[C@H]([13CH3])C[13c]3[13cH][13cH][13cH][13cH][13cH]3)O[C@H]([13C](=O)O)[C@@](O)([13C](=O)O)[C@]1(C(=O)O)O2. The van der Waals surface area contributed by atoms with Crippen LogP contribution >= 0.6 is 0 Å². The Labute approximate surface area is 284 Å². The molecule has 270 valence electrons. The Morgan fingerprint density at radius 2 is 1.67 bits per heavy atom. The van der Waals surface area contributed by atoms with Crippen LogP contribution in [-0.4, -0.2) is 96.8 Å². The number of fused-ring (bicyclic) bond motifs is 2. The molecule has 0 aromatic heterocycles. The summed E-state index contributed by atoms with van der Waals surface area (Å²) in [6.07, 6.45) is -4.83. The van der Waals surface area contributed by atoms with Gasteiger partial charge in [0.15, 0.2) is 6.10 Å². The summed E-state index contributed by atoms with van der Waals surface area (Å²) in [7, 11) is 0. The number of rotatable bonds is 17. The van der Waals surface area contributed by atoms with Gasteiger partial charge in [-0.05, 0) is 42.2 Å². The van der Waals surface area contributed by atoms with E-state index >= 15 is 0 Å². The van der Waals surface area contributed by atoms with Gasteiger partial charge in [0.2, 0.25) is 23.1 Å². The Hall–Kier alpha value is -4.11. The average molecular weight is 712 g/mol. The van der Waals surface area contributed by atoms with Crippen molar-refractivity contribution in [1.29, 1.82) is 0 Å². The Morgan fingerprint density at radius 1 is 1.04 bits per heavy atom. The molecule has 2 bridgehead atoms. The second-order valence-corrected chi connectivity index (χ2v) is 13.1. The zero-order valence-corrected chi connectivity index (χ0v) is 28.2. The first-order chi connectivity index (χ1) is 22.9. The van der Waals surface area contributed by atoms with Crippen molar-refractivity contribution in [2.75, 3.05) is 0 Å². The molecule has 2 aliphatic rings. The molecule has 49 heavy (non-hydrogen) atoms. The number of benzene rings is 1.